The van der Waals surface area contributed by atoms with Gasteiger partial charge in [-0.25, -0.2) is 13.2 Å². The molecule has 0 radical (unpaired) electrons. The molecule has 0 saturated carbocycles. The van der Waals surface area contributed by atoms with Crippen molar-refractivity contribution in [1.29, 1.82) is 0 Å². The maximum atomic E-state index is 12.5. The van der Waals surface area contributed by atoms with Crippen LogP contribution >= 0.6 is 0 Å². The molecule has 1 atom stereocenters. The molecule has 24 heavy (non-hydrogen) atoms. The third-order valence-corrected chi connectivity index (χ3v) is 6.84. The van der Waals surface area contributed by atoms with Crippen molar-refractivity contribution < 1.29 is 13.2 Å². The minimum Gasteiger partial charge on any atom is -0.331 e. The minimum absolute atomic E-state index is 0.00708. The summed E-state index contributed by atoms with van der Waals surface area (Å²) in [4.78, 5) is 14.2. The van der Waals surface area contributed by atoms with Crippen molar-refractivity contribution in [2.75, 3.05) is 31.9 Å². The fourth-order valence-corrected chi connectivity index (χ4v) is 4.53. The van der Waals surface area contributed by atoms with Crippen LogP contribution in [0.4, 0.5) is 4.79 Å². The molecular formula is C15H25N5O3S. The lowest BCUT2D eigenvalue weighted by molar-refractivity contribution is 0.168. The average molecular weight is 355 g/mol. The zero-order valence-corrected chi connectivity index (χ0v) is 15.0. The number of hydrogen-bond acceptors (Lipinski definition) is 4. The molecule has 1 aromatic heterocycles. The lowest BCUT2D eigenvalue weighted by Crippen LogP contribution is -2.53. The summed E-state index contributed by atoms with van der Waals surface area (Å²) in [6.45, 7) is 3.23. The van der Waals surface area contributed by atoms with Gasteiger partial charge in [-0.05, 0) is 26.2 Å². The summed E-state index contributed by atoms with van der Waals surface area (Å²) < 4.78 is 27.1. The van der Waals surface area contributed by atoms with Crippen LogP contribution in [0.25, 0.3) is 0 Å². The lowest BCUT2D eigenvalue weighted by Gasteiger charge is -2.35. The second-order valence-electron chi connectivity index (χ2n) is 6.35. The van der Waals surface area contributed by atoms with E-state index in [1.807, 2.05) is 17.9 Å². The number of carbonyl (C=O) groups excluding carboxylic acids is 1. The van der Waals surface area contributed by atoms with Gasteiger partial charge in [0.15, 0.2) is 0 Å². The fraction of sp³-hybridized carbons (Fsp3) is 0.733. The van der Waals surface area contributed by atoms with Crippen LogP contribution in [0, 0.1) is 0 Å². The van der Waals surface area contributed by atoms with Crippen molar-refractivity contribution in [3.8, 4) is 0 Å². The normalized spacial score (nSPS) is 22.2. The third kappa shape index (κ3) is 3.27. The summed E-state index contributed by atoms with van der Waals surface area (Å²) >= 11 is 0. The molecule has 2 aliphatic rings. The van der Waals surface area contributed by atoms with Gasteiger partial charge in [0.05, 0.1) is 18.0 Å². The summed E-state index contributed by atoms with van der Waals surface area (Å²) in [6.07, 6.45) is 4.77. The number of aryl methyl sites for hydroxylation is 1. The molecule has 1 saturated heterocycles. The van der Waals surface area contributed by atoms with Crippen LogP contribution < -0.4 is 5.32 Å². The topological polar surface area (TPSA) is 87.5 Å². The Bertz CT molecular complexity index is 707. The van der Waals surface area contributed by atoms with Gasteiger partial charge >= 0.3 is 6.03 Å². The molecule has 0 aromatic carbocycles. The number of rotatable bonds is 3. The zero-order chi connectivity index (χ0) is 17.3. The molecule has 2 heterocycles. The highest BCUT2D eigenvalue weighted by atomic mass is 32.2. The molecule has 3 rings (SSSR count). The SMILES string of the molecule is CCS(=O)(=O)N1CCN(C(=O)NC2CCCc3c2cnn3C)CC1. The van der Waals surface area contributed by atoms with Crippen LogP contribution in [0.2, 0.25) is 0 Å². The van der Waals surface area contributed by atoms with Gasteiger partial charge in [0, 0.05) is 44.5 Å². The van der Waals surface area contributed by atoms with Gasteiger partial charge in [0.2, 0.25) is 10.0 Å². The summed E-state index contributed by atoms with van der Waals surface area (Å²) in [7, 11) is -1.24. The molecule has 0 bridgehead atoms. The van der Waals surface area contributed by atoms with Gasteiger partial charge in [-0.2, -0.15) is 9.40 Å². The van der Waals surface area contributed by atoms with Crippen molar-refractivity contribution in [1.82, 2.24) is 24.3 Å². The number of piperazine rings is 1. The summed E-state index contributed by atoms with van der Waals surface area (Å²) in [5, 5.41) is 7.38. The maximum Gasteiger partial charge on any atom is 0.317 e. The van der Waals surface area contributed by atoms with Crippen molar-refractivity contribution in [3.05, 3.63) is 17.5 Å². The Balaban J connectivity index is 1.59. The lowest BCUT2D eigenvalue weighted by atomic mass is 9.93. The molecule has 1 N–H and O–H groups in total. The molecule has 1 aliphatic carbocycles. The zero-order valence-electron chi connectivity index (χ0n) is 14.2. The van der Waals surface area contributed by atoms with E-state index in [0.29, 0.717) is 26.2 Å². The van der Waals surface area contributed by atoms with Gasteiger partial charge in [-0.1, -0.05) is 0 Å². The summed E-state index contributed by atoms with van der Waals surface area (Å²) in [5.74, 6) is 0.102. The first-order chi connectivity index (χ1) is 11.4. The van der Waals surface area contributed by atoms with E-state index in [1.54, 1.807) is 11.8 Å². The predicted molar refractivity (Wildman–Crippen MR) is 90.0 cm³/mol. The van der Waals surface area contributed by atoms with Crippen molar-refractivity contribution in [2.24, 2.45) is 7.05 Å². The first kappa shape index (κ1) is 17.2. The number of fused-ring (bicyclic) bond motifs is 1. The Kier molecular flexibility index (Phi) is 4.82. The smallest absolute Gasteiger partial charge is 0.317 e. The van der Waals surface area contributed by atoms with Gasteiger partial charge in [-0.15, -0.1) is 0 Å². The van der Waals surface area contributed by atoms with Crippen molar-refractivity contribution in [2.45, 2.75) is 32.2 Å². The van der Waals surface area contributed by atoms with E-state index in [1.165, 1.54) is 10.00 Å². The second kappa shape index (κ2) is 6.72. The van der Waals surface area contributed by atoms with Gasteiger partial charge < -0.3 is 10.2 Å². The summed E-state index contributed by atoms with van der Waals surface area (Å²) in [6, 6.07) is -0.127. The third-order valence-electron chi connectivity index (χ3n) is 4.96. The number of aromatic nitrogens is 2. The average Bonchev–Trinajstić information content (AvgIpc) is 2.97. The highest BCUT2D eigenvalue weighted by molar-refractivity contribution is 7.89. The van der Waals surface area contributed by atoms with Gasteiger partial charge in [0.1, 0.15) is 0 Å². The molecule has 0 spiro atoms. The predicted octanol–water partition coefficient (Wildman–Crippen LogP) is 0.474. The standard InChI is InChI=1S/C15H25N5O3S/c1-3-24(22,23)20-9-7-19(8-10-20)15(21)17-13-5-4-6-14-12(13)11-16-18(14)2/h11,13H,3-10H2,1-2H3,(H,17,21). The quantitative estimate of drug-likeness (QED) is 0.854. The molecule has 1 fully saturated rings. The number of hydrogen-bond donors (Lipinski definition) is 1. The van der Waals surface area contributed by atoms with Gasteiger partial charge in [0.25, 0.3) is 0 Å². The van der Waals surface area contributed by atoms with E-state index < -0.39 is 10.0 Å². The number of amides is 2. The number of urea groups is 1. The van der Waals surface area contributed by atoms with Crippen molar-refractivity contribution in [3.63, 3.8) is 0 Å². The number of carbonyl (C=O) groups is 1. The highest BCUT2D eigenvalue weighted by Crippen LogP contribution is 2.29. The van der Waals surface area contributed by atoms with Crippen molar-refractivity contribution >= 4 is 16.1 Å². The number of sulfonamides is 1. The Morgan fingerprint density at radius 2 is 2.04 bits per heavy atom. The Labute approximate surface area is 142 Å². The minimum atomic E-state index is -3.17. The molecule has 1 aromatic rings. The van der Waals surface area contributed by atoms with E-state index in [-0.39, 0.29) is 17.8 Å². The van der Waals surface area contributed by atoms with E-state index in [9.17, 15) is 13.2 Å². The van der Waals surface area contributed by atoms with E-state index >= 15 is 0 Å². The number of nitrogens with one attached hydrogen (secondary N) is 1. The van der Waals surface area contributed by atoms with Crippen LogP contribution in [0.5, 0.6) is 0 Å². The second-order valence-corrected chi connectivity index (χ2v) is 8.61. The van der Waals surface area contributed by atoms with Crippen LogP contribution in [-0.2, 0) is 23.5 Å². The Hall–Kier alpha value is -1.61. The maximum absolute atomic E-state index is 12.5. The molecular weight excluding hydrogens is 330 g/mol. The fourth-order valence-electron chi connectivity index (χ4n) is 3.45. The van der Waals surface area contributed by atoms with Crippen LogP contribution in [0.3, 0.4) is 0 Å². The summed E-state index contributed by atoms with van der Waals surface area (Å²) in [5.41, 5.74) is 2.29. The van der Waals surface area contributed by atoms with E-state index in [0.717, 1.165) is 24.8 Å². The molecule has 2 amide bonds. The van der Waals surface area contributed by atoms with E-state index in [4.69, 9.17) is 0 Å². The monoisotopic (exact) mass is 355 g/mol. The Morgan fingerprint density at radius 1 is 1.33 bits per heavy atom. The first-order valence-electron chi connectivity index (χ1n) is 8.46. The van der Waals surface area contributed by atoms with Crippen LogP contribution in [0.15, 0.2) is 6.20 Å². The number of nitrogens with zero attached hydrogens (tertiary/aromatic N) is 4. The molecule has 9 heteroatoms. The molecule has 8 nitrogen and oxygen atoms in total. The molecule has 1 unspecified atom stereocenters. The Morgan fingerprint density at radius 3 is 2.71 bits per heavy atom. The van der Waals surface area contributed by atoms with Crippen LogP contribution in [-0.4, -0.2) is 65.4 Å². The molecule has 1 aliphatic heterocycles. The van der Waals surface area contributed by atoms with Gasteiger partial charge in [-0.3, -0.25) is 4.68 Å². The van der Waals surface area contributed by atoms with E-state index in [2.05, 4.69) is 10.4 Å². The first-order valence-corrected chi connectivity index (χ1v) is 10.1. The molecule has 134 valence electrons. The highest BCUT2D eigenvalue weighted by Gasteiger charge is 2.30. The van der Waals surface area contributed by atoms with Crippen LogP contribution in [0.1, 0.15) is 37.1 Å². The largest absolute Gasteiger partial charge is 0.331 e.